The van der Waals surface area contributed by atoms with Crippen molar-refractivity contribution < 1.29 is 13.9 Å². The van der Waals surface area contributed by atoms with Crippen LogP contribution in [0, 0.1) is 5.82 Å². The van der Waals surface area contributed by atoms with Crippen LogP contribution in [0.15, 0.2) is 53.5 Å². The molecule has 0 atom stereocenters. The molecule has 0 saturated carbocycles. The Bertz CT molecular complexity index is 666. The molecule has 0 bridgehead atoms. The van der Waals surface area contributed by atoms with Crippen LogP contribution in [0.3, 0.4) is 0 Å². The average molecular weight is 459 g/mol. The Morgan fingerprint density at radius 1 is 1.08 bits per heavy atom. The number of hydrogen-bond acceptors (Lipinski definition) is 3. The third-order valence-corrected chi connectivity index (χ3v) is 3.30. The second-order valence-electron chi connectivity index (χ2n) is 5.01. The van der Waals surface area contributed by atoms with E-state index in [1.165, 1.54) is 12.1 Å². The molecule has 2 aromatic rings. The first-order valence-electron chi connectivity index (χ1n) is 7.67. The number of nitrogens with zero attached hydrogens (tertiary/aromatic N) is 1. The zero-order valence-electron chi connectivity index (χ0n) is 14.3. The van der Waals surface area contributed by atoms with Crippen molar-refractivity contribution in [3.8, 4) is 11.5 Å². The largest absolute Gasteiger partial charge is 0.497 e. The molecule has 136 valence electrons. The maximum Gasteiger partial charge on any atom is 0.191 e. The van der Waals surface area contributed by atoms with Gasteiger partial charge < -0.3 is 20.1 Å². The Labute approximate surface area is 164 Å². The SMILES string of the molecule is CN=C(NCCOc1cccc(F)c1)NCc1ccc(OC)cc1.I. The number of halogens is 2. The molecule has 0 aliphatic carbocycles. The summed E-state index contributed by atoms with van der Waals surface area (Å²) >= 11 is 0. The second kappa shape index (κ2) is 11.5. The van der Waals surface area contributed by atoms with Gasteiger partial charge in [0.2, 0.25) is 0 Å². The lowest BCUT2D eigenvalue weighted by Gasteiger charge is -2.13. The molecule has 5 nitrogen and oxygen atoms in total. The molecule has 0 radical (unpaired) electrons. The van der Waals surface area contributed by atoms with Crippen molar-refractivity contribution in [2.75, 3.05) is 27.3 Å². The third kappa shape index (κ3) is 7.59. The Morgan fingerprint density at radius 3 is 2.48 bits per heavy atom. The minimum Gasteiger partial charge on any atom is -0.497 e. The van der Waals surface area contributed by atoms with Crippen LogP contribution in [0.4, 0.5) is 4.39 Å². The Kier molecular flexibility index (Phi) is 9.68. The fourth-order valence-corrected chi connectivity index (χ4v) is 2.04. The highest BCUT2D eigenvalue weighted by atomic mass is 127. The van der Waals surface area contributed by atoms with Crippen molar-refractivity contribution in [3.63, 3.8) is 0 Å². The summed E-state index contributed by atoms with van der Waals surface area (Å²) < 4.78 is 23.6. The zero-order chi connectivity index (χ0) is 17.2. The number of rotatable bonds is 7. The van der Waals surface area contributed by atoms with Gasteiger partial charge in [0.15, 0.2) is 5.96 Å². The monoisotopic (exact) mass is 459 g/mol. The van der Waals surface area contributed by atoms with E-state index in [1.54, 1.807) is 26.3 Å². The number of guanidine groups is 1. The maximum absolute atomic E-state index is 13.0. The van der Waals surface area contributed by atoms with E-state index in [2.05, 4.69) is 15.6 Å². The van der Waals surface area contributed by atoms with Gasteiger partial charge in [-0.1, -0.05) is 18.2 Å². The first-order chi connectivity index (χ1) is 11.7. The first kappa shape index (κ1) is 21.0. The van der Waals surface area contributed by atoms with E-state index in [9.17, 15) is 4.39 Å². The third-order valence-electron chi connectivity index (χ3n) is 3.30. The molecular weight excluding hydrogens is 436 g/mol. The summed E-state index contributed by atoms with van der Waals surface area (Å²) in [5.41, 5.74) is 1.12. The maximum atomic E-state index is 13.0. The van der Waals surface area contributed by atoms with Gasteiger partial charge in [-0.25, -0.2) is 4.39 Å². The van der Waals surface area contributed by atoms with Crippen LogP contribution in [0.5, 0.6) is 11.5 Å². The van der Waals surface area contributed by atoms with E-state index in [0.717, 1.165) is 11.3 Å². The van der Waals surface area contributed by atoms with Crippen molar-refractivity contribution in [1.82, 2.24) is 10.6 Å². The van der Waals surface area contributed by atoms with Crippen molar-refractivity contribution in [2.24, 2.45) is 4.99 Å². The predicted octanol–water partition coefficient (Wildman–Crippen LogP) is 3.20. The lowest BCUT2D eigenvalue weighted by atomic mass is 10.2. The Balaban J connectivity index is 0.00000312. The molecule has 7 heteroatoms. The summed E-state index contributed by atoms with van der Waals surface area (Å²) in [6, 6.07) is 13.9. The minimum atomic E-state index is -0.308. The summed E-state index contributed by atoms with van der Waals surface area (Å²) in [6.07, 6.45) is 0. The number of methoxy groups -OCH3 is 1. The molecule has 0 aromatic heterocycles. The van der Waals surface area contributed by atoms with E-state index in [4.69, 9.17) is 9.47 Å². The minimum absolute atomic E-state index is 0. The lowest BCUT2D eigenvalue weighted by Crippen LogP contribution is -2.38. The molecule has 0 amide bonds. The summed E-state index contributed by atoms with van der Waals surface area (Å²) in [4.78, 5) is 4.15. The van der Waals surface area contributed by atoms with Gasteiger partial charge >= 0.3 is 0 Å². The number of benzene rings is 2. The summed E-state index contributed by atoms with van der Waals surface area (Å²) in [6.45, 7) is 1.61. The van der Waals surface area contributed by atoms with Gasteiger partial charge in [-0.15, -0.1) is 24.0 Å². The molecule has 0 spiro atoms. The van der Waals surface area contributed by atoms with Gasteiger partial charge in [-0.05, 0) is 29.8 Å². The molecular formula is C18H23FIN3O2. The second-order valence-corrected chi connectivity index (χ2v) is 5.01. The standard InChI is InChI=1S/C18H22FN3O2.HI/c1-20-18(22-13-14-6-8-16(23-2)9-7-14)21-10-11-24-17-5-3-4-15(19)12-17;/h3-9,12H,10-11,13H2,1-2H3,(H2,20,21,22);1H. The quantitative estimate of drug-likeness (QED) is 0.289. The molecule has 2 rings (SSSR count). The molecule has 0 fully saturated rings. The smallest absolute Gasteiger partial charge is 0.191 e. The van der Waals surface area contributed by atoms with Crippen molar-refractivity contribution in [2.45, 2.75) is 6.54 Å². The topological polar surface area (TPSA) is 54.9 Å². The van der Waals surface area contributed by atoms with E-state index in [-0.39, 0.29) is 29.8 Å². The van der Waals surface area contributed by atoms with Crippen molar-refractivity contribution >= 4 is 29.9 Å². The Morgan fingerprint density at radius 2 is 1.84 bits per heavy atom. The van der Waals surface area contributed by atoms with E-state index < -0.39 is 0 Å². The van der Waals surface area contributed by atoms with Crippen LogP contribution in [-0.2, 0) is 6.54 Å². The highest BCUT2D eigenvalue weighted by Gasteiger charge is 2.00. The highest BCUT2D eigenvalue weighted by Crippen LogP contribution is 2.12. The molecule has 2 N–H and O–H groups in total. The predicted molar refractivity (Wildman–Crippen MR) is 109 cm³/mol. The molecule has 0 aliphatic rings. The lowest BCUT2D eigenvalue weighted by molar-refractivity contribution is 0.320. The van der Waals surface area contributed by atoms with E-state index in [0.29, 0.717) is 31.4 Å². The van der Waals surface area contributed by atoms with Gasteiger partial charge in [0, 0.05) is 19.7 Å². The first-order valence-corrected chi connectivity index (χ1v) is 7.67. The zero-order valence-corrected chi connectivity index (χ0v) is 16.6. The number of nitrogens with one attached hydrogen (secondary N) is 2. The number of aliphatic imine (C=N–C) groups is 1. The van der Waals surface area contributed by atoms with Gasteiger partial charge in [0.05, 0.1) is 13.7 Å². The highest BCUT2D eigenvalue weighted by molar-refractivity contribution is 14.0. The van der Waals surface area contributed by atoms with Crippen molar-refractivity contribution in [1.29, 1.82) is 0 Å². The van der Waals surface area contributed by atoms with Gasteiger partial charge in [0.1, 0.15) is 23.9 Å². The van der Waals surface area contributed by atoms with Crippen LogP contribution < -0.4 is 20.1 Å². The number of ether oxygens (including phenoxy) is 2. The number of hydrogen-bond donors (Lipinski definition) is 2. The molecule has 0 unspecified atom stereocenters. The molecule has 0 aliphatic heterocycles. The van der Waals surface area contributed by atoms with Gasteiger partial charge in [-0.2, -0.15) is 0 Å². The fraction of sp³-hybridized carbons (Fsp3) is 0.278. The Hall–Kier alpha value is -2.03. The van der Waals surface area contributed by atoms with Gasteiger partial charge in [-0.3, -0.25) is 4.99 Å². The van der Waals surface area contributed by atoms with Crippen LogP contribution in [0.2, 0.25) is 0 Å². The molecule has 2 aromatic carbocycles. The van der Waals surface area contributed by atoms with E-state index >= 15 is 0 Å². The average Bonchev–Trinajstić information content (AvgIpc) is 2.61. The van der Waals surface area contributed by atoms with Crippen LogP contribution >= 0.6 is 24.0 Å². The van der Waals surface area contributed by atoms with Gasteiger partial charge in [0.25, 0.3) is 0 Å². The molecule has 0 heterocycles. The summed E-state index contributed by atoms with van der Waals surface area (Å²) in [7, 11) is 3.35. The van der Waals surface area contributed by atoms with Crippen LogP contribution in [-0.4, -0.2) is 33.3 Å². The van der Waals surface area contributed by atoms with E-state index in [1.807, 2.05) is 24.3 Å². The molecule has 0 saturated heterocycles. The normalized spacial score (nSPS) is 10.6. The summed E-state index contributed by atoms with van der Waals surface area (Å²) in [5.74, 6) is 1.71. The van der Waals surface area contributed by atoms with Crippen molar-refractivity contribution in [3.05, 3.63) is 59.9 Å². The molecule has 25 heavy (non-hydrogen) atoms. The summed E-state index contributed by atoms with van der Waals surface area (Å²) in [5, 5.41) is 6.36. The van der Waals surface area contributed by atoms with Crippen LogP contribution in [0.25, 0.3) is 0 Å². The van der Waals surface area contributed by atoms with Crippen LogP contribution in [0.1, 0.15) is 5.56 Å². The fourth-order valence-electron chi connectivity index (χ4n) is 2.04.